The molecule has 0 aromatic heterocycles. The highest BCUT2D eigenvalue weighted by Crippen LogP contribution is 2.11. The topological polar surface area (TPSA) is 27.3 Å². The second-order valence-corrected chi connectivity index (χ2v) is 5.34. The normalized spacial score (nSPS) is 27.9. The Labute approximate surface area is 111 Å². The van der Waals surface area contributed by atoms with Crippen molar-refractivity contribution < 1.29 is 0 Å². The third kappa shape index (κ3) is 5.27. The van der Waals surface area contributed by atoms with Gasteiger partial charge in [-0.15, -0.1) is 0 Å². The van der Waals surface area contributed by atoms with Crippen LogP contribution in [0, 0.1) is 0 Å². The fraction of sp³-hybridized carbons (Fsp3) is 1.00. The Balaban J connectivity index is 2.43. The van der Waals surface area contributed by atoms with Crippen LogP contribution in [0.4, 0.5) is 0 Å². The summed E-state index contributed by atoms with van der Waals surface area (Å²) in [6.45, 7) is 4.36. The molecule has 2 atom stereocenters. The van der Waals surface area contributed by atoms with E-state index in [1.54, 1.807) is 0 Å². The van der Waals surface area contributed by atoms with E-state index in [4.69, 9.17) is 0 Å². The molecule has 0 radical (unpaired) electrons. The van der Waals surface area contributed by atoms with Crippen LogP contribution in [0.5, 0.6) is 0 Å². The molecule has 96 valence electrons. The SMILES string of the molecule is CN1CC[C@@H](NCCS)[C@H](NCCS)CC1. The molecule has 0 aliphatic carbocycles. The van der Waals surface area contributed by atoms with Crippen LogP contribution in [0.25, 0.3) is 0 Å². The zero-order chi connectivity index (χ0) is 11.8. The molecule has 0 aromatic carbocycles. The van der Waals surface area contributed by atoms with Crippen LogP contribution in [-0.4, -0.2) is 61.7 Å². The highest BCUT2D eigenvalue weighted by molar-refractivity contribution is 7.80. The lowest BCUT2D eigenvalue weighted by Crippen LogP contribution is -2.48. The van der Waals surface area contributed by atoms with Crippen molar-refractivity contribution in [3.63, 3.8) is 0 Å². The van der Waals surface area contributed by atoms with Crippen molar-refractivity contribution in [3.8, 4) is 0 Å². The number of nitrogens with one attached hydrogen (secondary N) is 2. The average molecular weight is 263 g/mol. The molecular formula is C11H25N3S2. The molecule has 0 bridgehead atoms. The maximum atomic E-state index is 4.26. The van der Waals surface area contributed by atoms with Crippen molar-refractivity contribution in [2.45, 2.75) is 24.9 Å². The molecule has 0 aromatic rings. The van der Waals surface area contributed by atoms with Gasteiger partial charge in [-0.2, -0.15) is 25.3 Å². The van der Waals surface area contributed by atoms with E-state index < -0.39 is 0 Å². The number of thiol groups is 2. The summed E-state index contributed by atoms with van der Waals surface area (Å²) in [6.07, 6.45) is 2.43. The molecule has 5 heteroatoms. The molecule has 1 aliphatic rings. The van der Waals surface area contributed by atoms with E-state index in [1.165, 1.54) is 25.9 Å². The second-order valence-electron chi connectivity index (χ2n) is 4.45. The maximum absolute atomic E-state index is 4.26. The van der Waals surface area contributed by atoms with Gasteiger partial charge in [-0.1, -0.05) is 0 Å². The third-order valence-corrected chi connectivity index (χ3v) is 3.61. The molecular weight excluding hydrogens is 238 g/mol. The molecule has 2 N–H and O–H groups in total. The van der Waals surface area contributed by atoms with Crippen molar-refractivity contribution in [1.29, 1.82) is 0 Å². The Morgan fingerprint density at radius 2 is 1.44 bits per heavy atom. The zero-order valence-electron chi connectivity index (χ0n) is 10.2. The van der Waals surface area contributed by atoms with Gasteiger partial charge < -0.3 is 15.5 Å². The molecule has 1 saturated heterocycles. The third-order valence-electron chi connectivity index (χ3n) is 3.17. The van der Waals surface area contributed by atoms with Crippen LogP contribution in [0.2, 0.25) is 0 Å². The first kappa shape index (κ1) is 14.6. The minimum atomic E-state index is 0.581. The standard InChI is InChI=1S/C11H25N3S2/c1-14-6-2-10(12-4-8-15)11(3-7-14)13-5-9-16/h10-13,15-16H,2-9H2,1H3/t10-,11-/m1/s1. The van der Waals surface area contributed by atoms with Gasteiger partial charge in [-0.05, 0) is 33.0 Å². The van der Waals surface area contributed by atoms with Gasteiger partial charge in [0.15, 0.2) is 0 Å². The lowest BCUT2D eigenvalue weighted by Gasteiger charge is -2.26. The minimum Gasteiger partial charge on any atom is -0.312 e. The first-order chi connectivity index (χ1) is 7.77. The monoisotopic (exact) mass is 263 g/mol. The van der Waals surface area contributed by atoms with Crippen molar-refractivity contribution >= 4 is 25.3 Å². The van der Waals surface area contributed by atoms with Gasteiger partial charge in [0.1, 0.15) is 0 Å². The second kappa shape index (κ2) is 8.64. The molecule has 1 fully saturated rings. The number of hydrogen-bond donors (Lipinski definition) is 4. The van der Waals surface area contributed by atoms with Crippen LogP contribution in [0.15, 0.2) is 0 Å². The van der Waals surface area contributed by atoms with Gasteiger partial charge in [0.05, 0.1) is 0 Å². The summed E-state index contributed by atoms with van der Waals surface area (Å²) in [5.41, 5.74) is 0. The molecule has 0 saturated carbocycles. The van der Waals surface area contributed by atoms with Gasteiger partial charge in [-0.25, -0.2) is 0 Å². The summed E-state index contributed by atoms with van der Waals surface area (Å²) >= 11 is 8.52. The molecule has 1 rings (SSSR count). The number of nitrogens with zero attached hydrogens (tertiary/aromatic N) is 1. The van der Waals surface area contributed by atoms with Crippen molar-refractivity contribution in [2.24, 2.45) is 0 Å². The largest absolute Gasteiger partial charge is 0.312 e. The van der Waals surface area contributed by atoms with E-state index in [9.17, 15) is 0 Å². The summed E-state index contributed by atoms with van der Waals surface area (Å²) in [4.78, 5) is 2.41. The quantitative estimate of drug-likeness (QED) is 0.526. The highest BCUT2D eigenvalue weighted by atomic mass is 32.1. The maximum Gasteiger partial charge on any atom is 0.0234 e. The zero-order valence-corrected chi connectivity index (χ0v) is 11.9. The molecule has 1 aliphatic heterocycles. The Hall–Kier alpha value is 0.580. The minimum absolute atomic E-state index is 0.581. The molecule has 0 unspecified atom stereocenters. The van der Waals surface area contributed by atoms with E-state index in [0.717, 1.165) is 24.6 Å². The predicted octanol–water partition coefficient (Wildman–Crippen LogP) is 0.488. The Kier molecular flexibility index (Phi) is 7.90. The van der Waals surface area contributed by atoms with Crippen molar-refractivity contribution in [2.75, 3.05) is 44.7 Å². The average Bonchev–Trinajstić information content (AvgIpc) is 2.46. The highest BCUT2D eigenvalue weighted by Gasteiger charge is 2.23. The van der Waals surface area contributed by atoms with Crippen molar-refractivity contribution in [3.05, 3.63) is 0 Å². The number of rotatable bonds is 6. The number of likely N-dealkylation sites (tertiary alicyclic amines) is 1. The van der Waals surface area contributed by atoms with E-state index >= 15 is 0 Å². The van der Waals surface area contributed by atoms with Crippen LogP contribution < -0.4 is 10.6 Å². The Morgan fingerprint density at radius 1 is 1.00 bits per heavy atom. The molecule has 16 heavy (non-hydrogen) atoms. The van der Waals surface area contributed by atoms with Gasteiger partial charge in [0.25, 0.3) is 0 Å². The van der Waals surface area contributed by atoms with E-state index in [0.29, 0.717) is 12.1 Å². The fourth-order valence-corrected chi connectivity index (χ4v) is 2.48. The molecule has 0 spiro atoms. The molecule has 3 nitrogen and oxygen atoms in total. The van der Waals surface area contributed by atoms with Crippen LogP contribution >= 0.6 is 25.3 Å². The van der Waals surface area contributed by atoms with Gasteiger partial charge in [0, 0.05) is 36.7 Å². The van der Waals surface area contributed by atoms with Gasteiger partial charge in [0.2, 0.25) is 0 Å². The number of hydrogen-bond acceptors (Lipinski definition) is 5. The van der Waals surface area contributed by atoms with Gasteiger partial charge in [-0.3, -0.25) is 0 Å². The van der Waals surface area contributed by atoms with E-state index in [-0.39, 0.29) is 0 Å². The van der Waals surface area contributed by atoms with Gasteiger partial charge >= 0.3 is 0 Å². The summed E-state index contributed by atoms with van der Waals surface area (Å²) < 4.78 is 0. The van der Waals surface area contributed by atoms with Crippen LogP contribution in [0.3, 0.4) is 0 Å². The smallest absolute Gasteiger partial charge is 0.0234 e. The van der Waals surface area contributed by atoms with Crippen LogP contribution in [-0.2, 0) is 0 Å². The summed E-state index contributed by atoms with van der Waals surface area (Å²) in [6, 6.07) is 1.16. The Bertz CT molecular complexity index is 163. The van der Waals surface area contributed by atoms with Crippen molar-refractivity contribution in [1.82, 2.24) is 15.5 Å². The van der Waals surface area contributed by atoms with E-state index in [2.05, 4.69) is 47.8 Å². The Morgan fingerprint density at radius 3 is 1.81 bits per heavy atom. The first-order valence-corrected chi connectivity index (χ1v) is 7.41. The summed E-state index contributed by atoms with van der Waals surface area (Å²) in [7, 11) is 2.21. The molecule has 1 heterocycles. The first-order valence-electron chi connectivity index (χ1n) is 6.15. The lowest BCUT2D eigenvalue weighted by atomic mass is 10.0. The summed E-state index contributed by atoms with van der Waals surface area (Å²) in [5.74, 6) is 1.82. The fourth-order valence-electron chi connectivity index (χ4n) is 2.22. The van der Waals surface area contributed by atoms with Crippen LogP contribution in [0.1, 0.15) is 12.8 Å². The lowest BCUT2D eigenvalue weighted by molar-refractivity contribution is 0.343. The predicted molar refractivity (Wildman–Crippen MR) is 78.0 cm³/mol. The molecule has 0 amide bonds. The van der Waals surface area contributed by atoms with E-state index in [1.807, 2.05) is 0 Å². The summed E-state index contributed by atoms with van der Waals surface area (Å²) in [5, 5.41) is 7.20.